The largest absolute Gasteiger partial charge is 0.376 e. The molecule has 1 fully saturated rings. The molecule has 1 saturated heterocycles. The molecule has 2 aliphatic heterocycles. The second-order valence-electron chi connectivity index (χ2n) is 6.98. The third kappa shape index (κ3) is 2.89. The van der Waals surface area contributed by atoms with Crippen LogP contribution in [-0.4, -0.2) is 53.3 Å². The fraction of sp³-hybridized carbons (Fsp3) is 0.350. The van der Waals surface area contributed by atoms with Crippen LogP contribution in [0.15, 0.2) is 30.6 Å². The number of amides is 1. The van der Waals surface area contributed by atoms with Crippen molar-refractivity contribution in [1.29, 1.82) is 0 Å². The number of aromatic nitrogens is 3. The van der Waals surface area contributed by atoms with Crippen molar-refractivity contribution >= 4 is 22.6 Å². The average molecular weight is 364 g/mol. The Hall–Kier alpha value is -2.77. The van der Waals surface area contributed by atoms with Gasteiger partial charge in [-0.15, -0.1) is 0 Å². The van der Waals surface area contributed by atoms with Crippen molar-refractivity contribution in [2.24, 2.45) is 0 Å². The first-order valence-electron chi connectivity index (χ1n) is 9.13. The van der Waals surface area contributed by atoms with E-state index in [-0.39, 0.29) is 12.0 Å². The maximum Gasteiger partial charge on any atom is 0.233 e. The summed E-state index contributed by atoms with van der Waals surface area (Å²) in [6.45, 7) is 4.17. The van der Waals surface area contributed by atoms with Crippen molar-refractivity contribution in [3.63, 3.8) is 0 Å². The van der Waals surface area contributed by atoms with Crippen LogP contribution in [-0.2, 0) is 20.7 Å². The highest BCUT2D eigenvalue weighted by Crippen LogP contribution is 2.34. The molecule has 7 nitrogen and oxygen atoms in total. The van der Waals surface area contributed by atoms with Crippen molar-refractivity contribution in [3.05, 3.63) is 42.0 Å². The van der Waals surface area contributed by atoms with Crippen LogP contribution >= 0.6 is 0 Å². The second kappa shape index (κ2) is 6.44. The zero-order valence-electron chi connectivity index (χ0n) is 15.1. The van der Waals surface area contributed by atoms with Gasteiger partial charge in [0.1, 0.15) is 5.65 Å². The molecule has 0 aliphatic carbocycles. The maximum atomic E-state index is 12.5. The predicted molar refractivity (Wildman–Crippen MR) is 101 cm³/mol. The predicted octanol–water partition coefficient (Wildman–Crippen LogP) is 2.24. The van der Waals surface area contributed by atoms with Crippen LogP contribution in [0.4, 0.5) is 5.69 Å². The highest BCUT2D eigenvalue weighted by Gasteiger charge is 2.32. The van der Waals surface area contributed by atoms with E-state index in [1.807, 2.05) is 31.5 Å². The first kappa shape index (κ1) is 16.4. The molecule has 3 aromatic rings. The summed E-state index contributed by atoms with van der Waals surface area (Å²) >= 11 is 0. The number of ether oxygens (including phenoxy) is 2. The van der Waals surface area contributed by atoms with Gasteiger partial charge in [0.15, 0.2) is 0 Å². The Bertz CT molecular complexity index is 1020. The Morgan fingerprint density at radius 1 is 1.33 bits per heavy atom. The molecular weight excluding hydrogens is 344 g/mol. The molecule has 1 atom stereocenters. The first-order valence-corrected chi connectivity index (χ1v) is 9.13. The Kier molecular flexibility index (Phi) is 3.91. The zero-order valence-corrected chi connectivity index (χ0v) is 15.1. The monoisotopic (exact) mass is 364 g/mol. The Morgan fingerprint density at radius 2 is 2.26 bits per heavy atom. The van der Waals surface area contributed by atoms with Gasteiger partial charge >= 0.3 is 0 Å². The van der Waals surface area contributed by atoms with Gasteiger partial charge in [-0.1, -0.05) is 0 Å². The molecule has 1 N–H and O–H groups in total. The van der Waals surface area contributed by atoms with Gasteiger partial charge in [-0.3, -0.25) is 9.78 Å². The molecule has 1 amide bonds. The van der Waals surface area contributed by atoms with Crippen molar-refractivity contribution in [2.75, 3.05) is 31.3 Å². The molecule has 0 radical (unpaired) electrons. The molecule has 0 unspecified atom stereocenters. The molecule has 0 saturated carbocycles. The lowest BCUT2D eigenvalue weighted by atomic mass is 10.0. The number of pyridine rings is 2. The topological polar surface area (TPSA) is 80.3 Å². The van der Waals surface area contributed by atoms with Crippen molar-refractivity contribution < 1.29 is 14.3 Å². The van der Waals surface area contributed by atoms with Crippen LogP contribution in [0.25, 0.3) is 22.2 Å². The van der Waals surface area contributed by atoms with Crippen molar-refractivity contribution in [3.8, 4) is 11.1 Å². The minimum Gasteiger partial charge on any atom is -0.376 e. The van der Waals surface area contributed by atoms with E-state index in [0.29, 0.717) is 32.8 Å². The number of anilines is 1. The minimum absolute atomic E-state index is 0.0553. The number of aryl methyl sites for hydroxylation is 1. The Morgan fingerprint density at radius 3 is 3.11 bits per heavy atom. The quantitative estimate of drug-likeness (QED) is 0.771. The summed E-state index contributed by atoms with van der Waals surface area (Å²) in [6.07, 6.45) is 3.95. The second-order valence-corrected chi connectivity index (χ2v) is 6.98. The molecule has 0 spiro atoms. The van der Waals surface area contributed by atoms with Crippen LogP contribution in [0.5, 0.6) is 0 Å². The summed E-state index contributed by atoms with van der Waals surface area (Å²) in [6, 6.07) is 6.15. The minimum atomic E-state index is -0.100. The first-order chi connectivity index (χ1) is 13.2. The fourth-order valence-corrected chi connectivity index (χ4v) is 3.78. The number of aromatic amines is 1. The Labute approximate surface area is 156 Å². The van der Waals surface area contributed by atoms with Gasteiger partial charge in [0, 0.05) is 34.6 Å². The number of rotatable bonds is 3. The van der Waals surface area contributed by atoms with Gasteiger partial charge in [0.25, 0.3) is 0 Å². The highest BCUT2D eigenvalue weighted by atomic mass is 16.6. The summed E-state index contributed by atoms with van der Waals surface area (Å²) < 4.78 is 11.2. The van der Waals surface area contributed by atoms with Gasteiger partial charge in [-0.2, -0.15) is 0 Å². The summed E-state index contributed by atoms with van der Waals surface area (Å²) in [5.41, 5.74) is 5.45. The van der Waals surface area contributed by atoms with E-state index in [2.05, 4.69) is 21.0 Å². The number of H-pyrrole nitrogens is 1. The molecular formula is C20H20N4O3. The molecule has 0 aromatic carbocycles. The lowest BCUT2D eigenvalue weighted by Crippen LogP contribution is -2.41. The van der Waals surface area contributed by atoms with E-state index in [9.17, 15) is 4.79 Å². The summed E-state index contributed by atoms with van der Waals surface area (Å²) in [5.74, 6) is 0.0553. The lowest BCUT2D eigenvalue weighted by molar-refractivity contribution is -0.119. The lowest BCUT2D eigenvalue weighted by Gasteiger charge is -2.27. The summed E-state index contributed by atoms with van der Waals surface area (Å²) in [4.78, 5) is 26.6. The Balaban J connectivity index is 1.51. The van der Waals surface area contributed by atoms with Crippen molar-refractivity contribution in [2.45, 2.75) is 19.4 Å². The van der Waals surface area contributed by atoms with Crippen LogP contribution in [0, 0.1) is 6.92 Å². The van der Waals surface area contributed by atoms with E-state index < -0.39 is 0 Å². The molecule has 7 heteroatoms. The van der Waals surface area contributed by atoms with Gasteiger partial charge in [-0.25, -0.2) is 4.98 Å². The number of fused-ring (bicyclic) bond motifs is 2. The molecule has 5 heterocycles. The third-order valence-electron chi connectivity index (χ3n) is 5.17. The van der Waals surface area contributed by atoms with Gasteiger partial charge in [0.2, 0.25) is 5.91 Å². The maximum absolute atomic E-state index is 12.5. The number of hydrogen-bond donors (Lipinski definition) is 1. The number of nitrogens with zero attached hydrogens (tertiary/aromatic N) is 3. The van der Waals surface area contributed by atoms with E-state index in [4.69, 9.17) is 9.47 Å². The number of hydrogen-bond acceptors (Lipinski definition) is 5. The molecule has 138 valence electrons. The van der Waals surface area contributed by atoms with Gasteiger partial charge < -0.3 is 19.4 Å². The third-order valence-corrected chi connectivity index (χ3v) is 5.17. The zero-order chi connectivity index (χ0) is 18.4. The van der Waals surface area contributed by atoms with E-state index in [1.165, 1.54) is 0 Å². The molecule has 3 aromatic heterocycles. The highest BCUT2D eigenvalue weighted by molar-refractivity contribution is 6.01. The van der Waals surface area contributed by atoms with Gasteiger partial charge in [-0.05, 0) is 25.1 Å². The van der Waals surface area contributed by atoms with Gasteiger partial charge in [0.05, 0.1) is 50.3 Å². The smallest absolute Gasteiger partial charge is 0.233 e. The summed E-state index contributed by atoms with van der Waals surface area (Å²) in [7, 11) is 0. The van der Waals surface area contributed by atoms with Crippen LogP contribution in [0.3, 0.4) is 0 Å². The van der Waals surface area contributed by atoms with Crippen LogP contribution < -0.4 is 4.90 Å². The normalized spacial score (nSPS) is 19.7. The molecule has 27 heavy (non-hydrogen) atoms. The average Bonchev–Trinajstić information content (AvgIpc) is 3.25. The number of nitrogens with one attached hydrogen (secondary N) is 1. The molecule has 0 bridgehead atoms. The van der Waals surface area contributed by atoms with E-state index in [1.54, 1.807) is 4.90 Å². The fourth-order valence-electron chi connectivity index (χ4n) is 3.78. The molecule has 2 aliphatic rings. The molecule has 5 rings (SSSR count). The standard InChI is InChI=1S/C20H20N4O3/c1-12-16(6-13-2-3-21-20(13)23-12)14-7-18-17(22-9-14)8-19(25)24(18)10-15-11-26-4-5-27-15/h2-3,6-7,9,15H,4-5,8,10-11H2,1H3,(H,21,23)/t15-/m0/s1. The SMILES string of the molecule is Cc1nc2[nH]ccc2cc1-c1cnc2c(c1)N(C[C@H]1COCCO1)C(=O)C2. The van der Waals surface area contributed by atoms with Crippen LogP contribution in [0.2, 0.25) is 0 Å². The number of carbonyl (C=O) groups is 1. The number of carbonyl (C=O) groups excluding carboxylic acids is 1. The van der Waals surface area contributed by atoms with Crippen LogP contribution in [0.1, 0.15) is 11.4 Å². The van der Waals surface area contributed by atoms with E-state index >= 15 is 0 Å². The summed E-state index contributed by atoms with van der Waals surface area (Å²) in [5, 5.41) is 1.05. The van der Waals surface area contributed by atoms with E-state index in [0.717, 1.165) is 39.2 Å². The van der Waals surface area contributed by atoms with Crippen molar-refractivity contribution in [1.82, 2.24) is 15.0 Å².